The number of nitrogen functional groups attached to an aromatic ring is 1. The van der Waals surface area contributed by atoms with Gasteiger partial charge in [0.15, 0.2) is 5.65 Å². The Morgan fingerprint density at radius 1 is 1.16 bits per heavy atom. The summed E-state index contributed by atoms with van der Waals surface area (Å²) in [6.45, 7) is 4.19. The highest BCUT2D eigenvalue weighted by molar-refractivity contribution is 7.99. The van der Waals surface area contributed by atoms with Gasteiger partial charge in [-0.15, -0.1) is 0 Å². The lowest BCUT2D eigenvalue weighted by atomic mass is 10.1. The van der Waals surface area contributed by atoms with Crippen molar-refractivity contribution in [2.24, 2.45) is 0 Å². The number of H-pyrrole nitrogens is 1. The van der Waals surface area contributed by atoms with Crippen molar-refractivity contribution in [3.05, 3.63) is 35.7 Å². The van der Waals surface area contributed by atoms with Gasteiger partial charge in [0.1, 0.15) is 10.5 Å². The minimum absolute atomic E-state index is 0.242. The van der Waals surface area contributed by atoms with E-state index < -0.39 is 0 Å². The van der Waals surface area contributed by atoms with Gasteiger partial charge in [0.25, 0.3) is 0 Å². The number of nitrogens with zero attached hydrogens (tertiary/aromatic N) is 3. The van der Waals surface area contributed by atoms with Crippen molar-refractivity contribution in [2.45, 2.75) is 23.8 Å². The van der Waals surface area contributed by atoms with Crippen molar-refractivity contribution < 1.29 is 0 Å². The summed E-state index contributed by atoms with van der Waals surface area (Å²) in [4.78, 5) is 16.6. The Hall–Kier alpha value is -2.08. The number of benzene rings is 1. The molecule has 0 fully saturated rings. The topological polar surface area (TPSA) is 80.5 Å². The molecule has 0 radical (unpaired) electrons. The van der Waals surface area contributed by atoms with E-state index in [4.69, 9.17) is 5.73 Å². The second-order valence-electron chi connectivity index (χ2n) is 4.34. The third-order valence-electron chi connectivity index (χ3n) is 2.96. The molecule has 2 heterocycles. The molecule has 0 unspecified atom stereocenters. The Morgan fingerprint density at radius 3 is 2.79 bits per heavy atom. The molecule has 0 spiro atoms. The molecule has 0 aliphatic rings. The van der Waals surface area contributed by atoms with E-state index >= 15 is 0 Å². The largest absolute Gasteiger partial charge is 0.368 e. The predicted molar refractivity (Wildman–Crippen MR) is 76.1 cm³/mol. The van der Waals surface area contributed by atoms with E-state index in [0.29, 0.717) is 5.65 Å². The van der Waals surface area contributed by atoms with Gasteiger partial charge < -0.3 is 10.7 Å². The highest BCUT2D eigenvalue weighted by atomic mass is 32.2. The third-order valence-corrected chi connectivity index (χ3v) is 3.94. The smallest absolute Gasteiger partial charge is 0.223 e. The van der Waals surface area contributed by atoms with E-state index in [2.05, 4.69) is 52.0 Å². The maximum atomic E-state index is 5.70. The van der Waals surface area contributed by atoms with E-state index in [1.165, 1.54) is 11.1 Å². The standard InChI is InChI=1S/C13H13N5S/c1-7-3-4-9(5-8(7)2)19-12-10-11(16-6-15-10)17-13(14)18-12/h3-6H,1-2H3,(H3,14,15,16,17,18). The molecule has 3 aromatic rings. The molecule has 0 bridgehead atoms. The van der Waals surface area contributed by atoms with Crippen LogP contribution in [0.3, 0.4) is 0 Å². The van der Waals surface area contributed by atoms with E-state index in [1.807, 2.05) is 0 Å². The van der Waals surface area contributed by atoms with Gasteiger partial charge in [0.05, 0.1) is 6.33 Å². The molecular weight excluding hydrogens is 258 g/mol. The SMILES string of the molecule is Cc1ccc(Sc2nc(N)nc3nc[nH]c23)cc1C. The lowest BCUT2D eigenvalue weighted by Crippen LogP contribution is -1.97. The Kier molecular flexibility index (Phi) is 2.87. The Bertz CT molecular complexity index is 750. The van der Waals surface area contributed by atoms with Gasteiger partial charge in [-0.3, -0.25) is 0 Å². The third kappa shape index (κ3) is 2.26. The highest BCUT2D eigenvalue weighted by Crippen LogP contribution is 2.31. The van der Waals surface area contributed by atoms with Crippen LogP contribution in [-0.2, 0) is 0 Å². The van der Waals surface area contributed by atoms with E-state index in [-0.39, 0.29) is 5.95 Å². The number of nitrogens with one attached hydrogen (secondary N) is 1. The number of anilines is 1. The number of hydrogen-bond acceptors (Lipinski definition) is 5. The van der Waals surface area contributed by atoms with E-state index in [0.717, 1.165) is 15.4 Å². The molecule has 1 aromatic carbocycles. The average molecular weight is 271 g/mol. The molecule has 3 rings (SSSR count). The fourth-order valence-electron chi connectivity index (χ4n) is 1.79. The summed E-state index contributed by atoms with van der Waals surface area (Å²) in [5, 5.41) is 0.795. The van der Waals surface area contributed by atoms with Crippen LogP contribution in [0, 0.1) is 13.8 Å². The molecule has 0 aliphatic carbocycles. The lowest BCUT2D eigenvalue weighted by molar-refractivity contribution is 1.10. The van der Waals surface area contributed by atoms with Gasteiger partial charge >= 0.3 is 0 Å². The first-order valence-electron chi connectivity index (χ1n) is 5.85. The summed E-state index contributed by atoms with van der Waals surface area (Å²) >= 11 is 1.56. The zero-order chi connectivity index (χ0) is 13.4. The number of aromatic amines is 1. The number of hydrogen-bond donors (Lipinski definition) is 2. The summed E-state index contributed by atoms with van der Waals surface area (Å²) in [6, 6.07) is 6.32. The van der Waals surface area contributed by atoms with Crippen LogP contribution in [0.5, 0.6) is 0 Å². The maximum Gasteiger partial charge on any atom is 0.223 e. The number of fused-ring (bicyclic) bond motifs is 1. The van der Waals surface area contributed by atoms with Crippen LogP contribution >= 0.6 is 11.8 Å². The highest BCUT2D eigenvalue weighted by Gasteiger charge is 2.10. The van der Waals surface area contributed by atoms with Crippen LogP contribution in [0.4, 0.5) is 5.95 Å². The van der Waals surface area contributed by atoms with E-state index in [9.17, 15) is 0 Å². The Labute approximate surface area is 114 Å². The van der Waals surface area contributed by atoms with Crippen molar-refractivity contribution in [1.82, 2.24) is 19.9 Å². The molecule has 96 valence electrons. The average Bonchev–Trinajstić information content (AvgIpc) is 2.82. The minimum atomic E-state index is 0.242. The summed E-state index contributed by atoms with van der Waals surface area (Å²) < 4.78 is 0. The van der Waals surface area contributed by atoms with E-state index in [1.54, 1.807) is 18.1 Å². The van der Waals surface area contributed by atoms with Gasteiger partial charge in [0.2, 0.25) is 5.95 Å². The van der Waals surface area contributed by atoms with Crippen molar-refractivity contribution in [3.8, 4) is 0 Å². The lowest BCUT2D eigenvalue weighted by Gasteiger charge is -2.05. The van der Waals surface area contributed by atoms with Gasteiger partial charge in [-0.25, -0.2) is 9.97 Å². The second kappa shape index (κ2) is 4.55. The Balaban J connectivity index is 2.04. The van der Waals surface area contributed by atoms with Crippen LogP contribution in [-0.4, -0.2) is 19.9 Å². The summed E-state index contributed by atoms with van der Waals surface area (Å²) in [5.41, 5.74) is 9.65. The monoisotopic (exact) mass is 271 g/mol. The quantitative estimate of drug-likeness (QED) is 0.700. The predicted octanol–water partition coefficient (Wildman–Crippen LogP) is 2.70. The number of nitrogens with two attached hydrogens (primary N) is 1. The number of imidazole rings is 1. The van der Waals surface area contributed by atoms with Gasteiger partial charge in [-0.2, -0.15) is 4.98 Å². The maximum absolute atomic E-state index is 5.70. The first-order valence-corrected chi connectivity index (χ1v) is 6.67. The molecule has 0 saturated heterocycles. The number of aryl methyl sites for hydroxylation is 2. The molecule has 19 heavy (non-hydrogen) atoms. The second-order valence-corrected chi connectivity index (χ2v) is 5.40. The van der Waals surface area contributed by atoms with Gasteiger partial charge in [0, 0.05) is 4.90 Å². The molecule has 0 amide bonds. The zero-order valence-corrected chi connectivity index (χ0v) is 11.5. The van der Waals surface area contributed by atoms with Crippen molar-refractivity contribution in [3.63, 3.8) is 0 Å². The number of rotatable bonds is 2. The van der Waals surface area contributed by atoms with Crippen LogP contribution in [0.1, 0.15) is 11.1 Å². The molecule has 2 aromatic heterocycles. The molecule has 3 N–H and O–H groups in total. The summed E-state index contributed by atoms with van der Waals surface area (Å²) in [6.07, 6.45) is 1.60. The van der Waals surface area contributed by atoms with Crippen LogP contribution in [0.25, 0.3) is 11.2 Å². The molecule has 0 atom stereocenters. The Morgan fingerprint density at radius 2 is 2.00 bits per heavy atom. The summed E-state index contributed by atoms with van der Waals surface area (Å²) in [7, 11) is 0. The number of aromatic nitrogens is 4. The molecular formula is C13H13N5S. The molecule has 0 saturated carbocycles. The van der Waals surface area contributed by atoms with Crippen LogP contribution in [0.2, 0.25) is 0 Å². The molecule has 0 aliphatic heterocycles. The molecule has 6 heteroatoms. The van der Waals surface area contributed by atoms with Crippen LogP contribution < -0.4 is 5.73 Å². The van der Waals surface area contributed by atoms with Crippen molar-refractivity contribution >= 4 is 28.9 Å². The molecule has 5 nitrogen and oxygen atoms in total. The first kappa shape index (κ1) is 12.0. The normalized spacial score (nSPS) is 11.1. The fourth-order valence-corrected chi connectivity index (χ4v) is 2.77. The minimum Gasteiger partial charge on any atom is -0.368 e. The fraction of sp³-hybridized carbons (Fsp3) is 0.154. The van der Waals surface area contributed by atoms with Gasteiger partial charge in [-0.1, -0.05) is 17.8 Å². The van der Waals surface area contributed by atoms with Crippen LogP contribution in [0.15, 0.2) is 34.4 Å². The first-order chi connectivity index (χ1) is 9.13. The zero-order valence-electron chi connectivity index (χ0n) is 10.6. The van der Waals surface area contributed by atoms with Gasteiger partial charge in [-0.05, 0) is 37.1 Å². The van der Waals surface area contributed by atoms with Crippen molar-refractivity contribution in [1.29, 1.82) is 0 Å². The van der Waals surface area contributed by atoms with Crippen molar-refractivity contribution in [2.75, 3.05) is 5.73 Å². The summed E-state index contributed by atoms with van der Waals surface area (Å²) in [5.74, 6) is 0.242.